The summed E-state index contributed by atoms with van der Waals surface area (Å²) in [6.07, 6.45) is 14.4. The third-order valence-corrected chi connectivity index (χ3v) is 8.79. The third-order valence-electron chi connectivity index (χ3n) is 8.79. The Hall–Kier alpha value is -1.83. The fourth-order valence-corrected chi connectivity index (χ4v) is 6.81. The fourth-order valence-electron chi connectivity index (χ4n) is 6.81. The molecule has 2 aliphatic carbocycles. The zero-order valence-corrected chi connectivity index (χ0v) is 23.2. The number of ether oxygens (including phenoxy) is 1. The summed E-state index contributed by atoms with van der Waals surface area (Å²) in [6.45, 7) is 6.67. The van der Waals surface area contributed by atoms with Gasteiger partial charge in [-0.15, -0.1) is 0 Å². The summed E-state index contributed by atoms with van der Waals surface area (Å²) in [7, 11) is 0. The molecule has 2 saturated heterocycles. The monoisotopic (exact) mass is 518 g/mol. The lowest BCUT2D eigenvalue weighted by molar-refractivity contribution is -0.146. The number of hydrogen-bond acceptors (Lipinski definition) is 4. The van der Waals surface area contributed by atoms with Crippen LogP contribution in [0.15, 0.2) is 0 Å². The summed E-state index contributed by atoms with van der Waals surface area (Å²) in [6, 6.07) is -0.847. The molecule has 2 N–H and O–H groups in total. The van der Waals surface area contributed by atoms with Gasteiger partial charge in [0.05, 0.1) is 12.1 Å². The van der Waals surface area contributed by atoms with Crippen LogP contribution in [0.5, 0.6) is 0 Å². The Bertz CT molecular complexity index is 757. The Morgan fingerprint density at radius 3 is 2.32 bits per heavy atom. The van der Waals surface area contributed by atoms with E-state index >= 15 is 0 Å². The lowest BCUT2D eigenvalue weighted by Gasteiger charge is -2.47. The second-order valence-corrected chi connectivity index (χ2v) is 12.4. The average molecular weight is 519 g/mol. The van der Waals surface area contributed by atoms with Gasteiger partial charge in [-0.05, 0) is 56.8 Å². The van der Waals surface area contributed by atoms with Crippen molar-refractivity contribution in [1.82, 2.24) is 20.4 Å². The van der Waals surface area contributed by atoms with E-state index in [0.29, 0.717) is 25.4 Å². The molecule has 4 rings (SSSR count). The van der Waals surface area contributed by atoms with Gasteiger partial charge in [0.25, 0.3) is 0 Å². The first-order valence-corrected chi connectivity index (χ1v) is 15.2. The Morgan fingerprint density at radius 1 is 0.973 bits per heavy atom. The molecule has 8 nitrogen and oxygen atoms in total. The third kappa shape index (κ3) is 8.08. The van der Waals surface area contributed by atoms with Crippen molar-refractivity contribution < 1.29 is 19.1 Å². The van der Waals surface area contributed by atoms with Crippen LogP contribution in [-0.4, -0.2) is 78.1 Å². The van der Waals surface area contributed by atoms with Crippen LogP contribution in [-0.2, 0) is 14.3 Å². The minimum atomic E-state index is -0.517. The summed E-state index contributed by atoms with van der Waals surface area (Å²) in [5.74, 6) is 0.789. The van der Waals surface area contributed by atoms with E-state index in [9.17, 15) is 14.4 Å². The van der Waals surface area contributed by atoms with E-state index in [1.165, 1.54) is 25.7 Å². The highest BCUT2D eigenvalue weighted by molar-refractivity contribution is 5.89. The van der Waals surface area contributed by atoms with Gasteiger partial charge >= 0.3 is 6.03 Å². The van der Waals surface area contributed by atoms with E-state index in [1.807, 2.05) is 4.90 Å². The number of carbonyl (C=O) groups is 3. The Balaban J connectivity index is 1.50. The van der Waals surface area contributed by atoms with Crippen molar-refractivity contribution in [2.24, 2.45) is 11.8 Å². The molecule has 4 amide bonds. The molecule has 8 heteroatoms. The van der Waals surface area contributed by atoms with E-state index in [-0.39, 0.29) is 48.4 Å². The molecule has 210 valence electrons. The molecule has 0 spiro atoms. The highest BCUT2D eigenvalue weighted by atomic mass is 16.5. The maximum atomic E-state index is 13.9. The van der Waals surface area contributed by atoms with Gasteiger partial charge in [0, 0.05) is 38.7 Å². The summed E-state index contributed by atoms with van der Waals surface area (Å²) < 4.78 is 5.67. The van der Waals surface area contributed by atoms with Crippen LogP contribution in [0.25, 0.3) is 0 Å². The second-order valence-electron chi connectivity index (χ2n) is 12.4. The molecule has 0 bridgehead atoms. The minimum Gasteiger partial charge on any atom is -0.376 e. The van der Waals surface area contributed by atoms with E-state index in [0.717, 1.165) is 64.5 Å². The Morgan fingerprint density at radius 2 is 1.68 bits per heavy atom. The summed E-state index contributed by atoms with van der Waals surface area (Å²) >= 11 is 0. The molecule has 4 aliphatic rings. The van der Waals surface area contributed by atoms with Crippen molar-refractivity contribution in [2.45, 2.75) is 128 Å². The first-order valence-electron chi connectivity index (χ1n) is 15.2. The molecular formula is C29H50N4O4. The molecule has 0 aromatic carbocycles. The van der Waals surface area contributed by atoms with Crippen molar-refractivity contribution in [2.75, 3.05) is 26.2 Å². The average Bonchev–Trinajstić information content (AvgIpc) is 3.40. The minimum absolute atomic E-state index is 0.0637. The number of carbonyl (C=O) groups excluding carboxylic acids is 3. The topological polar surface area (TPSA) is 91.0 Å². The van der Waals surface area contributed by atoms with Crippen LogP contribution in [0, 0.1) is 11.8 Å². The molecule has 2 saturated carbocycles. The Labute approximate surface area is 223 Å². The summed E-state index contributed by atoms with van der Waals surface area (Å²) in [4.78, 5) is 44.5. The number of rotatable bonds is 9. The van der Waals surface area contributed by atoms with Crippen LogP contribution in [0.4, 0.5) is 4.79 Å². The van der Waals surface area contributed by atoms with Gasteiger partial charge in [-0.1, -0.05) is 52.4 Å². The maximum Gasteiger partial charge on any atom is 0.318 e. The number of piperazine rings is 1. The summed E-state index contributed by atoms with van der Waals surface area (Å²) in [5.41, 5.74) is 0. The standard InChI is InChI=1S/C29H50N4O4/c1-21(2)16-26-28(35)32(19-22-10-5-3-6-11-22)20-24(17-27(34)30-18-25-14-9-15-37-25)33(26)29(36)31-23-12-7-4-8-13-23/h21-26H,3-20H2,1-2H3,(H,30,34)(H,31,36)/t24?,25-,26-/m0/s1. The fraction of sp³-hybridized carbons (Fsp3) is 0.897. The molecule has 0 radical (unpaired) electrons. The van der Waals surface area contributed by atoms with Gasteiger partial charge in [-0.2, -0.15) is 0 Å². The first-order chi connectivity index (χ1) is 17.9. The van der Waals surface area contributed by atoms with Crippen LogP contribution in [0.3, 0.4) is 0 Å². The molecule has 2 aliphatic heterocycles. The molecule has 1 unspecified atom stereocenters. The van der Waals surface area contributed by atoms with Crippen molar-refractivity contribution in [1.29, 1.82) is 0 Å². The number of hydrogen-bond donors (Lipinski definition) is 2. The number of amides is 4. The van der Waals surface area contributed by atoms with E-state index in [2.05, 4.69) is 24.5 Å². The predicted octanol–water partition coefficient (Wildman–Crippen LogP) is 4.22. The first kappa shape index (κ1) is 28.2. The highest BCUT2D eigenvalue weighted by Gasteiger charge is 2.45. The lowest BCUT2D eigenvalue weighted by Crippen LogP contribution is -2.67. The maximum absolute atomic E-state index is 13.9. The van der Waals surface area contributed by atoms with E-state index < -0.39 is 6.04 Å². The molecule has 2 heterocycles. The number of urea groups is 1. The van der Waals surface area contributed by atoms with Gasteiger partial charge in [0.15, 0.2) is 0 Å². The molecule has 3 atom stereocenters. The second kappa shape index (κ2) is 13.8. The molecular weight excluding hydrogens is 468 g/mol. The molecule has 0 aromatic rings. The summed E-state index contributed by atoms with van der Waals surface area (Å²) in [5, 5.41) is 6.30. The van der Waals surface area contributed by atoms with Crippen LogP contribution in [0.2, 0.25) is 0 Å². The van der Waals surface area contributed by atoms with Crippen molar-refractivity contribution in [3.63, 3.8) is 0 Å². The smallest absolute Gasteiger partial charge is 0.318 e. The van der Waals surface area contributed by atoms with Crippen molar-refractivity contribution in [3.8, 4) is 0 Å². The zero-order chi connectivity index (χ0) is 26.2. The van der Waals surface area contributed by atoms with Crippen LogP contribution in [0.1, 0.15) is 104 Å². The molecule has 37 heavy (non-hydrogen) atoms. The van der Waals surface area contributed by atoms with E-state index in [4.69, 9.17) is 4.74 Å². The number of nitrogens with zero attached hydrogens (tertiary/aromatic N) is 2. The zero-order valence-electron chi connectivity index (χ0n) is 23.2. The molecule has 0 aromatic heterocycles. The SMILES string of the molecule is CC(C)C[C@H]1C(=O)N(CC2CCCCC2)CC(CC(=O)NC[C@@H]2CCCO2)N1C(=O)NC1CCCCC1. The largest absolute Gasteiger partial charge is 0.376 e. The lowest BCUT2D eigenvalue weighted by atomic mass is 9.87. The Kier molecular flexibility index (Phi) is 10.5. The van der Waals surface area contributed by atoms with Crippen LogP contribution >= 0.6 is 0 Å². The number of nitrogens with one attached hydrogen (secondary N) is 2. The highest BCUT2D eigenvalue weighted by Crippen LogP contribution is 2.30. The quantitative estimate of drug-likeness (QED) is 0.478. The van der Waals surface area contributed by atoms with Gasteiger partial charge in [0.2, 0.25) is 11.8 Å². The van der Waals surface area contributed by atoms with Crippen LogP contribution < -0.4 is 10.6 Å². The van der Waals surface area contributed by atoms with Gasteiger partial charge in [-0.3, -0.25) is 9.59 Å². The van der Waals surface area contributed by atoms with Gasteiger partial charge in [-0.25, -0.2) is 4.79 Å². The van der Waals surface area contributed by atoms with Gasteiger partial charge in [0.1, 0.15) is 6.04 Å². The van der Waals surface area contributed by atoms with Crippen molar-refractivity contribution >= 4 is 17.8 Å². The molecule has 4 fully saturated rings. The van der Waals surface area contributed by atoms with Gasteiger partial charge < -0.3 is 25.2 Å². The van der Waals surface area contributed by atoms with E-state index in [1.54, 1.807) is 4.90 Å². The normalized spacial score (nSPS) is 28.1. The predicted molar refractivity (Wildman–Crippen MR) is 144 cm³/mol. The van der Waals surface area contributed by atoms with Crippen molar-refractivity contribution in [3.05, 3.63) is 0 Å².